The van der Waals surface area contributed by atoms with E-state index in [0.717, 1.165) is 11.4 Å². The zero-order valence-electron chi connectivity index (χ0n) is 15.6. The predicted octanol–water partition coefficient (Wildman–Crippen LogP) is 4.13. The molecule has 1 aliphatic rings. The number of benzene rings is 2. The monoisotopic (exact) mass is 381 g/mol. The van der Waals surface area contributed by atoms with Gasteiger partial charge in [-0.2, -0.15) is 4.98 Å². The minimum absolute atomic E-state index is 0.200. The van der Waals surface area contributed by atoms with Crippen molar-refractivity contribution < 1.29 is 8.78 Å². The van der Waals surface area contributed by atoms with E-state index in [1.54, 1.807) is 24.3 Å². The molecule has 0 atom stereocenters. The molecule has 0 radical (unpaired) electrons. The molecule has 0 amide bonds. The minimum Gasteiger partial charge on any atom is -0.366 e. The van der Waals surface area contributed by atoms with Gasteiger partial charge in [0, 0.05) is 43.6 Å². The second kappa shape index (κ2) is 7.80. The van der Waals surface area contributed by atoms with Crippen molar-refractivity contribution in [3.8, 4) is 0 Å². The van der Waals surface area contributed by atoms with E-state index in [1.165, 1.54) is 18.2 Å². The topological polar surface area (TPSA) is 44.3 Å². The lowest BCUT2D eigenvalue weighted by Gasteiger charge is -2.36. The van der Waals surface area contributed by atoms with E-state index in [4.69, 9.17) is 0 Å². The molecule has 1 aromatic heterocycles. The number of halogens is 2. The number of aromatic nitrogens is 2. The zero-order chi connectivity index (χ0) is 19.5. The van der Waals surface area contributed by atoms with Gasteiger partial charge in [-0.05, 0) is 43.3 Å². The molecule has 0 spiro atoms. The van der Waals surface area contributed by atoms with Crippen LogP contribution in [0.25, 0.3) is 0 Å². The lowest BCUT2D eigenvalue weighted by atomic mass is 10.2. The highest BCUT2D eigenvalue weighted by atomic mass is 19.1. The molecule has 0 unspecified atom stereocenters. The summed E-state index contributed by atoms with van der Waals surface area (Å²) in [5.74, 6) is 0.815. The number of aryl methyl sites for hydroxylation is 1. The Labute approximate surface area is 162 Å². The van der Waals surface area contributed by atoms with E-state index in [-0.39, 0.29) is 11.6 Å². The fraction of sp³-hybridized carbons (Fsp3) is 0.238. The highest BCUT2D eigenvalue weighted by Gasteiger charge is 2.21. The summed E-state index contributed by atoms with van der Waals surface area (Å²) >= 11 is 0. The zero-order valence-corrected chi connectivity index (χ0v) is 15.6. The van der Waals surface area contributed by atoms with Crippen LogP contribution in [0.4, 0.5) is 31.9 Å². The molecule has 4 rings (SSSR count). The van der Waals surface area contributed by atoms with E-state index in [9.17, 15) is 8.78 Å². The van der Waals surface area contributed by atoms with Crippen molar-refractivity contribution >= 4 is 23.1 Å². The first-order chi connectivity index (χ1) is 13.6. The Morgan fingerprint density at radius 1 is 0.857 bits per heavy atom. The molecule has 3 aromatic rings. The Balaban J connectivity index is 1.47. The van der Waals surface area contributed by atoms with Crippen molar-refractivity contribution in [2.24, 2.45) is 0 Å². The maximum absolute atomic E-state index is 14.0. The highest BCUT2D eigenvalue weighted by molar-refractivity contribution is 5.58. The average Bonchev–Trinajstić information content (AvgIpc) is 2.70. The Hall–Kier alpha value is -3.22. The van der Waals surface area contributed by atoms with Crippen molar-refractivity contribution in [2.75, 3.05) is 41.3 Å². The molecule has 1 aliphatic heterocycles. The van der Waals surface area contributed by atoms with Crippen LogP contribution in [0.2, 0.25) is 0 Å². The number of nitrogens with one attached hydrogen (secondary N) is 1. The van der Waals surface area contributed by atoms with Crippen molar-refractivity contribution in [3.63, 3.8) is 0 Å². The molecule has 1 saturated heterocycles. The number of para-hydroxylation sites is 1. The van der Waals surface area contributed by atoms with E-state index in [1.807, 2.05) is 24.0 Å². The number of piperazine rings is 1. The second-order valence-corrected chi connectivity index (χ2v) is 6.75. The van der Waals surface area contributed by atoms with Crippen molar-refractivity contribution in [2.45, 2.75) is 6.92 Å². The van der Waals surface area contributed by atoms with Crippen molar-refractivity contribution in [1.29, 1.82) is 0 Å². The normalized spacial score (nSPS) is 14.2. The molecule has 144 valence electrons. The van der Waals surface area contributed by atoms with Crippen LogP contribution in [0.5, 0.6) is 0 Å². The van der Waals surface area contributed by atoms with Gasteiger partial charge in [0.25, 0.3) is 0 Å². The van der Waals surface area contributed by atoms with Crippen LogP contribution in [-0.4, -0.2) is 36.1 Å². The predicted molar refractivity (Wildman–Crippen MR) is 107 cm³/mol. The molecule has 2 heterocycles. The number of nitrogens with zero attached hydrogens (tertiary/aromatic N) is 4. The van der Waals surface area contributed by atoms with Crippen LogP contribution in [-0.2, 0) is 0 Å². The quantitative estimate of drug-likeness (QED) is 0.736. The van der Waals surface area contributed by atoms with Crippen LogP contribution >= 0.6 is 0 Å². The average molecular weight is 381 g/mol. The molecule has 0 bridgehead atoms. The third-order valence-electron chi connectivity index (χ3n) is 4.71. The molecular formula is C21H21F2N5. The summed E-state index contributed by atoms with van der Waals surface area (Å²) in [6, 6.07) is 14.8. The SMILES string of the molecule is Cc1cc(Nc2ccc(F)cc2)nc(N2CCN(c3ccccc3F)CC2)n1. The number of anilines is 4. The maximum atomic E-state index is 14.0. The van der Waals surface area contributed by atoms with Gasteiger partial charge in [-0.25, -0.2) is 13.8 Å². The molecule has 1 N–H and O–H groups in total. The maximum Gasteiger partial charge on any atom is 0.227 e. The van der Waals surface area contributed by atoms with Crippen LogP contribution in [0.1, 0.15) is 5.69 Å². The first-order valence-electron chi connectivity index (χ1n) is 9.21. The van der Waals surface area contributed by atoms with Crippen LogP contribution in [0.3, 0.4) is 0 Å². The molecule has 0 saturated carbocycles. The van der Waals surface area contributed by atoms with Crippen LogP contribution in [0, 0.1) is 18.6 Å². The lowest BCUT2D eigenvalue weighted by Crippen LogP contribution is -2.47. The standard InChI is InChI=1S/C21H21F2N5/c1-15-14-20(25-17-8-6-16(22)7-9-17)26-21(24-15)28-12-10-27(11-13-28)19-5-3-2-4-18(19)23/h2-9,14H,10-13H2,1H3,(H,24,25,26). The summed E-state index contributed by atoms with van der Waals surface area (Å²) in [6.45, 7) is 4.70. The van der Waals surface area contributed by atoms with Gasteiger partial charge < -0.3 is 15.1 Å². The number of rotatable bonds is 4. The van der Waals surface area contributed by atoms with Gasteiger partial charge in [0.15, 0.2) is 0 Å². The van der Waals surface area contributed by atoms with Gasteiger partial charge in [-0.3, -0.25) is 0 Å². The molecule has 2 aromatic carbocycles. The van der Waals surface area contributed by atoms with E-state index in [2.05, 4.69) is 20.2 Å². The first kappa shape index (κ1) is 18.2. The number of hydrogen-bond acceptors (Lipinski definition) is 5. The molecule has 1 fully saturated rings. The van der Waals surface area contributed by atoms with Gasteiger partial charge >= 0.3 is 0 Å². The van der Waals surface area contributed by atoms with Gasteiger partial charge in [0.1, 0.15) is 17.5 Å². The molecule has 5 nitrogen and oxygen atoms in total. The van der Waals surface area contributed by atoms with Gasteiger partial charge in [-0.15, -0.1) is 0 Å². The lowest BCUT2D eigenvalue weighted by molar-refractivity contribution is 0.594. The summed E-state index contributed by atoms with van der Waals surface area (Å²) < 4.78 is 27.1. The molecule has 28 heavy (non-hydrogen) atoms. The molecular weight excluding hydrogens is 360 g/mol. The van der Waals surface area contributed by atoms with Crippen LogP contribution < -0.4 is 15.1 Å². The Bertz CT molecular complexity index is 953. The third kappa shape index (κ3) is 4.03. The first-order valence-corrected chi connectivity index (χ1v) is 9.21. The summed E-state index contributed by atoms with van der Waals surface area (Å²) in [6.07, 6.45) is 0. The molecule has 0 aliphatic carbocycles. The summed E-state index contributed by atoms with van der Waals surface area (Å²) in [5, 5.41) is 3.19. The second-order valence-electron chi connectivity index (χ2n) is 6.75. The Morgan fingerprint density at radius 3 is 2.25 bits per heavy atom. The third-order valence-corrected chi connectivity index (χ3v) is 4.71. The van der Waals surface area contributed by atoms with E-state index >= 15 is 0 Å². The number of hydrogen-bond donors (Lipinski definition) is 1. The van der Waals surface area contributed by atoms with Gasteiger partial charge in [0.05, 0.1) is 5.69 Å². The molecule has 7 heteroatoms. The minimum atomic E-state index is -0.280. The Kier molecular flexibility index (Phi) is 5.06. The highest BCUT2D eigenvalue weighted by Crippen LogP contribution is 2.23. The van der Waals surface area contributed by atoms with Gasteiger partial charge in [0.2, 0.25) is 5.95 Å². The smallest absolute Gasteiger partial charge is 0.227 e. The largest absolute Gasteiger partial charge is 0.366 e. The van der Waals surface area contributed by atoms with Crippen LogP contribution in [0.15, 0.2) is 54.6 Å². The fourth-order valence-corrected chi connectivity index (χ4v) is 3.29. The Morgan fingerprint density at radius 2 is 1.54 bits per heavy atom. The fourth-order valence-electron chi connectivity index (χ4n) is 3.29. The van der Waals surface area contributed by atoms with E-state index in [0.29, 0.717) is 43.6 Å². The van der Waals surface area contributed by atoms with E-state index < -0.39 is 0 Å². The van der Waals surface area contributed by atoms with Crippen molar-refractivity contribution in [3.05, 3.63) is 71.9 Å². The summed E-state index contributed by atoms with van der Waals surface area (Å²) in [5.41, 5.74) is 2.23. The summed E-state index contributed by atoms with van der Waals surface area (Å²) in [7, 11) is 0. The summed E-state index contributed by atoms with van der Waals surface area (Å²) in [4.78, 5) is 13.3. The van der Waals surface area contributed by atoms with Gasteiger partial charge in [-0.1, -0.05) is 12.1 Å². The van der Waals surface area contributed by atoms with Crippen molar-refractivity contribution in [1.82, 2.24) is 9.97 Å².